The zero-order valence-corrected chi connectivity index (χ0v) is 11.1. The van der Waals surface area contributed by atoms with Gasteiger partial charge in [0, 0.05) is 27.3 Å². The van der Waals surface area contributed by atoms with Crippen LogP contribution in [0.4, 0.5) is 0 Å². The molecule has 0 amide bonds. The highest BCUT2D eigenvalue weighted by atomic mass is 16.5. The normalized spacial score (nSPS) is 31.3. The molecule has 0 bridgehead atoms. The molecule has 0 aliphatic carbocycles. The van der Waals surface area contributed by atoms with E-state index < -0.39 is 0 Å². The summed E-state index contributed by atoms with van der Waals surface area (Å²) >= 11 is 0. The number of likely N-dealkylation sites (tertiary alicyclic amines) is 1. The Morgan fingerprint density at radius 1 is 1.44 bits per heavy atom. The van der Waals surface area contributed by atoms with Gasteiger partial charge in [0.1, 0.15) is 0 Å². The van der Waals surface area contributed by atoms with Gasteiger partial charge in [-0.05, 0) is 33.2 Å². The van der Waals surface area contributed by atoms with Crippen LogP contribution in [-0.4, -0.2) is 56.5 Å². The second-order valence-electron chi connectivity index (χ2n) is 5.31. The van der Waals surface area contributed by atoms with Crippen molar-refractivity contribution in [3.8, 4) is 0 Å². The van der Waals surface area contributed by atoms with Gasteiger partial charge in [0.25, 0.3) is 0 Å². The van der Waals surface area contributed by atoms with Gasteiger partial charge in [0.05, 0.1) is 17.7 Å². The van der Waals surface area contributed by atoms with Crippen molar-refractivity contribution in [1.29, 1.82) is 0 Å². The minimum atomic E-state index is -0.0744. The van der Waals surface area contributed by atoms with Gasteiger partial charge >= 0.3 is 0 Å². The second-order valence-corrected chi connectivity index (χ2v) is 5.31. The lowest BCUT2D eigenvalue weighted by Gasteiger charge is -2.48. The summed E-state index contributed by atoms with van der Waals surface area (Å²) in [6.07, 6.45) is 2.28. The summed E-state index contributed by atoms with van der Waals surface area (Å²) < 4.78 is 10.9. The minimum absolute atomic E-state index is 0.0393. The monoisotopic (exact) mass is 230 g/mol. The Bertz CT molecular complexity index is 225. The van der Waals surface area contributed by atoms with E-state index in [1.807, 2.05) is 0 Å². The summed E-state index contributed by atoms with van der Waals surface area (Å²) in [4.78, 5) is 2.41. The van der Waals surface area contributed by atoms with E-state index in [9.17, 15) is 0 Å². The Hall–Kier alpha value is -0.160. The molecule has 4 heteroatoms. The first-order chi connectivity index (χ1) is 7.49. The highest BCUT2D eigenvalue weighted by Gasteiger charge is 2.39. The Morgan fingerprint density at radius 2 is 2.12 bits per heavy atom. The highest BCUT2D eigenvalue weighted by molar-refractivity contribution is 4.94. The third-order valence-electron chi connectivity index (χ3n) is 3.81. The molecule has 1 saturated heterocycles. The van der Waals surface area contributed by atoms with Crippen LogP contribution < -0.4 is 5.73 Å². The van der Waals surface area contributed by atoms with Crippen LogP contribution in [0.1, 0.15) is 26.7 Å². The summed E-state index contributed by atoms with van der Waals surface area (Å²) in [5, 5.41) is 0. The molecular weight excluding hydrogens is 204 g/mol. The molecule has 1 aliphatic rings. The first-order valence-corrected chi connectivity index (χ1v) is 5.99. The molecule has 0 saturated carbocycles. The molecule has 1 heterocycles. The molecule has 1 aliphatic heterocycles. The van der Waals surface area contributed by atoms with Crippen LogP contribution in [-0.2, 0) is 9.47 Å². The van der Waals surface area contributed by atoms with E-state index in [4.69, 9.17) is 15.2 Å². The number of nitrogens with two attached hydrogens (primary N) is 1. The molecule has 4 nitrogen and oxygen atoms in total. The quantitative estimate of drug-likeness (QED) is 0.760. The summed E-state index contributed by atoms with van der Waals surface area (Å²) in [5.74, 6) is 0. The van der Waals surface area contributed by atoms with Crippen molar-refractivity contribution in [2.75, 3.05) is 40.5 Å². The Balaban J connectivity index is 2.71. The number of methoxy groups -OCH3 is 2. The molecule has 1 rings (SSSR count). The van der Waals surface area contributed by atoms with Crippen molar-refractivity contribution in [3.63, 3.8) is 0 Å². The van der Waals surface area contributed by atoms with Gasteiger partial charge in [0.15, 0.2) is 0 Å². The fourth-order valence-electron chi connectivity index (χ4n) is 2.42. The molecule has 2 unspecified atom stereocenters. The fraction of sp³-hybridized carbons (Fsp3) is 1.00. The van der Waals surface area contributed by atoms with E-state index in [-0.39, 0.29) is 11.1 Å². The van der Waals surface area contributed by atoms with Crippen molar-refractivity contribution in [2.45, 2.75) is 37.8 Å². The zero-order valence-electron chi connectivity index (χ0n) is 11.1. The second kappa shape index (κ2) is 5.45. The van der Waals surface area contributed by atoms with E-state index >= 15 is 0 Å². The predicted octanol–water partition coefficient (Wildman–Crippen LogP) is 0.851. The maximum absolute atomic E-state index is 5.89. The van der Waals surface area contributed by atoms with Crippen molar-refractivity contribution in [1.82, 2.24) is 4.90 Å². The summed E-state index contributed by atoms with van der Waals surface area (Å²) in [5.41, 5.74) is 5.78. The summed E-state index contributed by atoms with van der Waals surface area (Å²) in [6.45, 7) is 7.63. The molecule has 0 aromatic rings. The van der Waals surface area contributed by atoms with Crippen LogP contribution >= 0.6 is 0 Å². The molecule has 1 fully saturated rings. The molecule has 96 valence electrons. The minimum Gasteiger partial charge on any atom is -0.383 e. The van der Waals surface area contributed by atoms with Crippen LogP contribution in [0.2, 0.25) is 0 Å². The average Bonchev–Trinajstić information content (AvgIpc) is 2.29. The van der Waals surface area contributed by atoms with Crippen molar-refractivity contribution < 1.29 is 9.47 Å². The SMILES string of the molecule is COCC(C)(CN)N1CCCC(C)(OC)C1. The number of hydrogen-bond donors (Lipinski definition) is 1. The molecule has 0 radical (unpaired) electrons. The number of piperidine rings is 1. The smallest absolute Gasteiger partial charge is 0.0777 e. The van der Waals surface area contributed by atoms with Crippen LogP contribution in [0.3, 0.4) is 0 Å². The van der Waals surface area contributed by atoms with Crippen molar-refractivity contribution in [2.24, 2.45) is 5.73 Å². The Morgan fingerprint density at radius 3 is 2.62 bits per heavy atom. The molecular formula is C12H26N2O2. The highest BCUT2D eigenvalue weighted by Crippen LogP contribution is 2.28. The van der Waals surface area contributed by atoms with Crippen molar-refractivity contribution >= 4 is 0 Å². The van der Waals surface area contributed by atoms with Gasteiger partial charge in [0.2, 0.25) is 0 Å². The van der Waals surface area contributed by atoms with Gasteiger partial charge in [-0.3, -0.25) is 4.90 Å². The van der Waals surface area contributed by atoms with Crippen molar-refractivity contribution in [3.05, 3.63) is 0 Å². The molecule has 0 spiro atoms. The molecule has 0 aromatic heterocycles. The van der Waals surface area contributed by atoms with Gasteiger partial charge < -0.3 is 15.2 Å². The molecule has 0 aromatic carbocycles. The predicted molar refractivity (Wildman–Crippen MR) is 65.6 cm³/mol. The molecule has 16 heavy (non-hydrogen) atoms. The molecule has 2 atom stereocenters. The lowest BCUT2D eigenvalue weighted by atomic mass is 9.89. The van der Waals surface area contributed by atoms with E-state index in [1.54, 1.807) is 14.2 Å². The maximum atomic E-state index is 5.89. The van der Waals surface area contributed by atoms with E-state index in [0.717, 1.165) is 25.9 Å². The summed E-state index contributed by atoms with van der Waals surface area (Å²) in [6, 6.07) is 0. The zero-order chi connectivity index (χ0) is 12.2. The first-order valence-electron chi connectivity index (χ1n) is 5.99. The first kappa shape index (κ1) is 13.9. The van der Waals surface area contributed by atoms with Gasteiger partial charge in [-0.2, -0.15) is 0 Å². The van der Waals surface area contributed by atoms with E-state index in [0.29, 0.717) is 13.2 Å². The average molecular weight is 230 g/mol. The van der Waals surface area contributed by atoms with E-state index in [2.05, 4.69) is 18.7 Å². The lowest BCUT2D eigenvalue weighted by molar-refractivity contribution is -0.0886. The van der Waals surface area contributed by atoms with Crippen LogP contribution in [0, 0.1) is 0 Å². The number of nitrogens with zero attached hydrogens (tertiary/aromatic N) is 1. The van der Waals surface area contributed by atoms with Gasteiger partial charge in [-0.15, -0.1) is 0 Å². The van der Waals surface area contributed by atoms with Crippen LogP contribution in [0.25, 0.3) is 0 Å². The topological polar surface area (TPSA) is 47.7 Å². The van der Waals surface area contributed by atoms with Gasteiger partial charge in [-0.1, -0.05) is 0 Å². The van der Waals surface area contributed by atoms with Gasteiger partial charge in [-0.25, -0.2) is 0 Å². The number of ether oxygens (including phenoxy) is 2. The van der Waals surface area contributed by atoms with Crippen LogP contribution in [0.15, 0.2) is 0 Å². The Labute approximate surface area is 99.1 Å². The standard InChI is InChI=1S/C12H26N2O2/c1-11(8-13,10-15-3)14-7-5-6-12(2,9-14)16-4/h5-10,13H2,1-4H3. The van der Waals surface area contributed by atoms with E-state index in [1.165, 1.54) is 0 Å². The summed E-state index contributed by atoms with van der Waals surface area (Å²) in [7, 11) is 3.52. The number of rotatable bonds is 5. The largest absolute Gasteiger partial charge is 0.383 e. The lowest BCUT2D eigenvalue weighted by Crippen LogP contribution is -2.61. The van der Waals surface area contributed by atoms with Crippen LogP contribution in [0.5, 0.6) is 0 Å². The third kappa shape index (κ3) is 2.94. The molecule has 2 N–H and O–H groups in total. The maximum Gasteiger partial charge on any atom is 0.0777 e. The third-order valence-corrected chi connectivity index (χ3v) is 3.81. The number of hydrogen-bond acceptors (Lipinski definition) is 4. The fourth-order valence-corrected chi connectivity index (χ4v) is 2.42. The Kier molecular flexibility index (Phi) is 4.73.